The zero-order valence-electron chi connectivity index (χ0n) is 15.7. The zero-order chi connectivity index (χ0) is 22.2. The summed E-state index contributed by atoms with van der Waals surface area (Å²) in [4.78, 5) is 14.6. The third-order valence-corrected chi connectivity index (χ3v) is 5.25. The first-order chi connectivity index (χ1) is 14.7. The Hall–Kier alpha value is -4.23. The summed E-state index contributed by atoms with van der Waals surface area (Å²) in [5, 5.41) is 28.4. The van der Waals surface area contributed by atoms with Crippen molar-refractivity contribution in [2.24, 2.45) is 15.4 Å². The highest BCUT2D eigenvalue weighted by Crippen LogP contribution is 2.31. The fourth-order valence-corrected chi connectivity index (χ4v) is 3.34. The second kappa shape index (κ2) is 7.55. The van der Waals surface area contributed by atoms with E-state index < -0.39 is 14.9 Å². The molecular formula is C18H14N8O4S. The van der Waals surface area contributed by atoms with Crippen molar-refractivity contribution in [2.75, 3.05) is 5.73 Å². The van der Waals surface area contributed by atoms with Crippen molar-refractivity contribution in [1.29, 1.82) is 0 Å². The monoisotopic (exact) mass is 438 g/mol. The number of nitrogen functional groups attached to an aromatic ring is 1. The van der Waals surface area contributed by atoms with E-state index in [0.29, 0.717) is 22.6 Å². The standard InChI is InChI=1S/C18H14N8O4S/c19-17-16(23-22-12-3-7-14(8-4-12)31(20,29)30)18-21-10-9-15(25(18)24-17)11-1-5-13(6-2-11)26(27)28/h1-10H,(H2,19,24)(H2,20,29,30). The van der Waals surface area contributed by atoms with Crippen LogP contribution in [-0.2, 0) is 10.0 Å². The number of nitrogens with zero attached hydrogens (tertiary/aromatic N) is 6. The van der Waals surface area contributed by atoms with Gasteiger partial charge in [-0.1, -0.05) is 0 Å². The molecule has 0 aliphatic heterocycles. The molecule has 0 aliphatic carbocycles. The van der Waals surface area contributed by atoms with E-state index in [1.54, 1.807) is 18.2 Å². The predicted molar refractivity (Wildman–Crippen MR) is 111 cm³/mol. The van der Waals surface area contributed by atoms with Crippen molar-refractivity contribution in [1.82, 2.24) is 14.6 Å². The highest BCUT2D eigenvalue weighted by atomic mass is 32.2. The molecule has 0 aliphatic rings. The molecule has 0 saturated heterocycles. The summed E-state index contributed by atoms with van der Waals surface area (Å²) in [6.45, 7) is 0. The number of aromatic nitrogens is 3. The Morgan fingerprint density at radius 2 is 1.68 bits per heavy atom. The summed E-state index contributed by atoms with van der Waals surface area (Å²) in [5.41, 5.74) is 8.17. The molecule has 0 saturated carbocycles. The summed E-state index contributed by atoms with van der Waals surface area (Å²) >= 11 is 0. The van der Waals surface area contributed by atoms with Gasteiger partial charge in [0.1, 0.15) is 0 Å². The number of benzene rings is 2. The number of non-ortho nitro benzene ring substituents is 1. The minimum atomic E-state index is -3.80. The molecule has 156 valence electrons. The molecule has 0 amide bonds. The molecule has 2 aromatic heterocycles. The second-order valence-corrected chi connectivity index (χ2v) is 7.90. The SMILES string of the molecule is Nc1nn2c(-c3ccc([N+](=O)[O-])cc3)ccnc2c1N=Nc1ccc(S(N)(=O)=O)cc1. The number of fused-ring (bicyclic) bond motifs is 1. The Labute approximate surface area is 175 Å². The molecule has 0 atom stereocenters. The van der Waals surface area contributed by atoms with Gasteiger partial charge in [-0.3, -0.25) is 10.1 Å². The van der Waals surface area contributed by atoms with Crippen molar-refractivity contribution >= 4 is 38.6 Å². The van der Waals surface area contributed by atoms with Crippen LogP contribution in [0, 0.1) is 10.1 Å². The van der Waals surface area contributed by atoms with Gasteiger partial charge in [0, 0.05) is 23.9 Å². The van der Waals surface area contributed by atoms with Gasteiger partial charge < -0.3 is 5.73 Å². The first-order valence-corrected chi connectivity index (χ1v) is 10.2. The lowest BCUT2D eigenvalue weighted by atomic mass is 10.1. The Kier molecular flexibility index (Phi) is 4.88. The van der Waals surface area contributed by atoms with Gasteiger partial charge in [0.2, 0.25) is 10.0 Å². The molecule has 12 nitrogen and oxygen atoms in total. The van der Waals surface area contributed by atoms with Crippen LogP contribution in [0.25, 0.3) is 16.9 Å². The van der Waals surface area contributed by atoms with Crippen LogP contribution in [0.4, 0.5) is 22.9 Å². The van der Waals surface area contributed by atoms with Crippen molar-refractivity contribution < 1.29 is 13.3 Å². The molecule has 0 fully saturated rings. The van der Waals surface area contributed by atoms with Gasteiger partial charge >= 0.3 is 0 Å². The molecule has 4 rings (SSSR count). The lowest BCUT2D eigenvalue weighted by Gasteiger charge is -2.04. The average molecular weight is 438 g/mol. The number of hydrogen-bond donors (Lipinski definition) is 2. The summed E-state index contributed by atoms with van der Waals surface area (Å²) in [7, 11) is -3.80. The fourth-order valence-electron chi connectivity index (χ4n) is 2.83. The maximum absolute atomic E-state index is 11.3. The van der Waals surface area contributed by atoms with Crippen LogP contribution in [0.15, 0.2) is 75.9 Å². The highest BCUT2D eigenvalue weighted by Gasteiger charge is 2.15. The Morgan fingerprint density at radius 3 is 2.29 bits per heavy atom. The third kappa shape index (κ3) is 3.94. The largest absolute Gasteiger partial charge is 0.380 e. The summed E-state index contributed by atoms with van der Waals surface area (Å²) in [5.74, 6) is 0.0757. The number of primary sulfonamides is 1. The lowest BCUT2D eigenvalue weighted by Crippen LogP contribution is -2.11. The van der Waals surface area contributed by atoms with Gasteiger partial charge in [0.05, 0.1) is 21.2 Å². The minimum absolute atomic E-state index is 0.0306. The Balaban J connectivity index is 1.71. The molecule has 2 heterocycles. The number of anilines is 1. The van der Waals surface area contributed by atoms with Crippen LogP contribution in [0.5, 0.6) is 0 Å². The van der Waals surface area contributed by atoms with E-state index in [0.717, 1.165) is 0 Å². The van der Waals surface area contributed by atoms with Gasteiger partial charge in [-0.05, 0) is 42.5 Å². The number of nitro groups is 1. The molecule has 0 radical (unpaired) electrons. The van der Waals surface area contributed by atoms with Gasteiger partial charge in [-0.15, -0.1) is 10.2 Å². The molecule has 0 spiro atoms. The lowest BCUT2D eigenvalue weighted by molar-refractivity contribution is -0.384. The smallest absolute Gasteiger partial charge is 0.269 e. The Morgan fingerprint density at radius 1 is 1.00 bits per heavy atom. The molecular weight excluding hydrogens is 424 g/mol. The van der Waals surface area contributed by atoms with E-state index >= 15 is 0 Å². The molecule has 4 N–H and O–H groups in total. The van der Waals surface area contributed by atoms with Gasteiger partial charge in [0.15, 0.2) is 17.2 Å². The van der Waals surface area contributed by atoms with Gasteiger partial charge in [-0.25, -0.2) is 23.1 Å². The topological polar surface area (TPSA) is 184 Å². The quantitative estimate of drug-likeness (QED) is 0.272. The van der Waals surface area contributed by atoms with Crippen LogP contribution < -0.4 is 10.9 Å². The van der Waals surface area contributed by atoms with Gasteiger partial charge in [-0.2, -0.15) is 5.11 Å². The number of hydrogen-bond acceptors (Lipinski definition) is 9. The predicted octanol–water partition coefficient (Wildman–Crippen LogP) is 2.95. The third-order valence-electron chi connectivity index (χ3n) is 4.32. The molecule has 4 aromatic rings. The summed E-state index contributed by atoms with van der Waals surface area (Å²) in [6.07, 6.45) is 1.53. The number of rotatable bonds is 5. The van der Waals surface area contributed by atoms with E-state index in [4.69, 9.17) is 10.9 Å². The second-order valence-electron chi connectivity index (χ2n) is 6.34. The minimum Gasteiger partial charge on any atom is -0.380 e. The van der Waals surface area contributed by atoms with E-state index in [9.17, 15) is 18.5 Å². The average Bonchev–Trinajstić information content (AvgIpc) is 3.07. The van der Waals surface area contributed by atoms with Crippen molar-refractivity contribution in [3.63, 3.8) is 0 Å². The van der Waals surface area contributed by atoms with Crippen LogP contribution in [0.1, 0.15) is 0 Å². The zero-order valence-corrected chi connectivity index (χ0v) is 16.5. The summed E-state index contributed by atoms with van der Waals surface area (Å²) in [6, 6.07) is 13.2. The Bertz CT molecular complexity index is 1430. The molecule has 31 heavy (non-hydrogen) atoms. The maximum atomic E-state index is 11.3. The van der Waals surface area contributed by atoms with E-state index in [1.807, 2.05) is 0 Å². The van der Waals surface area contributed by atoms with E-state index in [1.165, 1.54) is 47.1 Å². The van der Waals surface area contributed by atoms with Crippen LogP contribution in [0.2, 0.25) is 0 Å². The first-order valence-electron chi connectivity index (χ1n) is 8.67. The first kappa shape index (κ1) is 20.1. The number of nitrogens with two attached hydrogens (primary N) is 2. The molecule has 2 aromatic carbocycles. The number of nitro benzene ring substituents is 1. The van der Waals surface area contributed by atoms with E-state index in [-0.39, 0.29) is 22.1 Å². The fraction of sp³-hybridized carbons (Fsp3) is 0. The maximum Gasteiger partial charge on any atom is 0.269 e. The van der Waals surface area contributed by atoms with Crippen molar-refractivity contribution in [3.05, 3.63) is 70.9 Å². The van der Waals surface area contributed by atoms with Crippen LogP contribution >= 0.6 is 0 Å². The molecule has 13 heteroatoms. The summed E-state index contributed by atoms with van der Waals surface area (Å²) < 4.78 is 24.1. The van der Waals surface area contributed by atoms with Crippen LogP contribution in [-0.4, -0.2) is 27.9 Å². The number of sulfonamides is 1. The van der Waals surface area contributed by atoms with Crippen molar-refractivity contribution in [2.45, 2.75) is 4.90 Å². The molecule has 0 bridgehead atoms. The normalized spacial score (nSPS) is 11.9. The number of azo groups is 1. The van der Waals surface area contributed by atoms with Gasteiger partial charge in [0.25, 0.3) is 5.69 Å². The van der Waals surface area contributed by atoms with E-state index in [2.05, 4.69) is 20.3 Å². The van der Waals surface area contributed by atoms with Crippen LogP contribution in [0.3, 0.4) is 0 Å². The highest BCUT2D eigenvalue weighted by molar-refractivity contribution is 7.89. The molecule has 0 unspecified atom stereocenters. The van der Waals surface area contributed by atoms with Crippen molar-refractivity contribution in [3.8, 4) is 11.3 Å².